The molecule has 21 heavy (non-hydrogen) atoms. The summed E-state index contributed by atoms with van der Waals surface area (Å²) in [6, 6.07) is 7.84. The zero-order valence-electron chi connectivity index (χ0n) is 13.6. The van der Waals surface area contributed by atoms with Crippen LogP contribution >= 0.6 is 0 Å². The molecule has 0 heterocycles. The van der Waals surface area contributed by atoms with Gasteiger partial charge in [-0.25, -0.2) is 0 Å². The van der Waals surface area contributed by atoms with Crippen molar-refractivity contribution in [2.45, 2.75) is 71.6 Å². The van der Waals surface area contributed by atoms with Crippen molar-refractivity contribution >= 4 is 0 Å². The Morgan fingerprint density at radius 1 is 0.952 bits per heavy atom. The van der Waals surface area contributed by atoms with Crippen LogP contribution in [-0.4, -0.2) is 0 Å². The fraction of sp³-hybridized carbons (Fsp3) is 0.632. The van der Waals surface area contributed by atoms with E-state index in [1.165, 1.54) is 51.4 Å². The molecule has 0 aliphatic carbocycles. The lowest BCUT2D eigenvalue weighted by molar-refractivity contribution is 0.494. The number of ether oxygens (including phenoxy) is 1. The maximum atomic E-state index is 8.62. The average molecular weight is 287 g/mol. The van der Waals surface area contributed by atoms with E-state index in [0.29, 0.717) is 5.75 Å². The van der Waals surface area contributed by atoms with Gasteiger partial charge in [-0.1, -0.05) is 77.0 Å². The van der Waals surface area contributed by atoms with E-state index in [9.17, 15) is 0 Å². The first-order valence-corrected chi connectivity index (χ1v) is 8.38. The van der Waals surface area contributed by atoms with Gasteiger partial charge in [0.15, 0.2) is 0 Å². The third-order valence-electron chi connectivity index (χ3n) is 3.86. The Labute approximate surface area is 130 Å². The fourth-order valence-corrected chi connectivity index (χ4v) is 2.61. The minimum Gasteiger partial charge on any atom is -0.388 e. The second-order valence-electron chi connectivity index (χ2n) is 6.21. The molecule has 1 aromatic rings. The van der Waals surface area contributed by atoms with Crippen LogP contribution in [0, 0.1) is 17.4 Å². The minimum atomic E-state index is 0.716. The Morgan fingerprint density at radius 2 is 1.57 bits per heavy atom. The number of nitrogens with zero attached hydrogens (tertiary/aromatic N) is 1. The number of aryl methyl sites for hydroxylation is 1. The van der Waals surface area contributed by atoms with Crippen LogP contribution in [0.2, 0.25) is 0 Å². The van der Waals surface area contributed by atoms with Gasteiger partial charge in [-0.15, -0.1) is 5.26 Å². The summed E-state index contributed by atoms with van der Waals surface area (Å²) in [6.45, 7) is 4.60. The molecule has 0 saturated heterocycles. The van der Waals surface area contributed by atoms with Crippen molar-refractivity contribution in [3.8, 4) is 12.0 Å². The van der Waals surface area contributed by atoms with Crippen molar-refractivity contribution in [1.82, 2.24) is 0 Å². The summed E-state index contributed by atoms with van der Waals surface area (Å²) in [5.41, 5.74) is 1.15. The van der Waals surface area contributed by atoms with E-state index in [1.807, 2.05) is 18.2 Å². The fourth-order valence-electron chi connectivity index (χ4n) is 2.61. The molecule has 116 valence electrons. The van der Waals surface area contributed by atoms with Gasteiger partial charge in [-0.05, 0) is 30.4 Å². The Hall–Kier alpha value is -1.49. The summed E-state index contributed by atoms with van der Waals surface area (Å²) in [5, 5.41) is 8.62. The van der Waals surface area contributed by atoms with Crippen molar-refractivity contribution in [3.63, 3.8) is 0 Å². The van der Waals surface area contributed by atoms with Crippen molar-refractivity contribution in [3.05, 3.63) is 29.8 Å². The monoisotopic (exact) mass is 287 g/mol. The molecule has 0 spiro atoms. The molecule has 2 nitrogen and oxygen atoms in total. The first kappa shape index (κ1) is 17.6. The molecule has 1 aromatic carbocycles. The SMILES string of the molecule is CC(C)CCCCCCCCCc1ccccc1OC#N. The van der Waals surface area contributed by atoms with E-state index in [2.05, 4.69) is 19.9 Å². The molecule has 1 rings (SSSR count). The van der Waals surface area contributed by atoms with Crippen LogP contribution in [0.4, 0.5) is 0 Å². The second kappa shape index (κ2) is 11.2. The predicted octanol–water partition coefficient (Wildman–Crippen LogP) is 5.87. The molecule has 0 unspecified atom stereocenters. The zero-order chi connectivity index (χ0) is 15.3. The first-order chi connectivity index (χ1) is 10.2. The van der Waals surface area contributed by atoms with Gasteiger partial charge in [-0.2, -0.15) is 0 Å². The van der Waals surface area contributed by atoms with E-state index in [-0.39, 0.29) is 0 Å². The second-order valence-corrected chi connectivity index (χ2v) is 6.21. The highest BCUT2D eigenvalue weighted by Gasteiger charge is 2.02. The molecule has 0 aliphatic heterocycles. The molecule has 2 heteroatoms. The van der Waals surface area contributed by atoms with Gasteiger partial charge in [0, 0.05) is 0 Å². The van der Waals surface area contributed by atoms with Crippen molar-refractivity contribution in [2.24, 2.45) is 5.92 Å². The number of unbranched alkanes of at least 4 members (excludes halogenated alkanes) is 6. The van der Waals surface area contributed by atoms with E-state index in [4.69, 9.17) is 10.00 Å². The molecule has 0 aliphatic rings. The molecular weight excluding hydrogens is 258 g/mol. The van der Waals surface area contributed by atoms with E-state index < -0.39 is 0 Å². The predicted molar refractivity (Wildman–Crippen MR) is 88.2 cm³/mol. The maximum absolute atomic E-state index is 8.62. The van der Waals surface area contributed by atoms with Gasteiger partial charge in [0.1, 0.15) is 5.75 Å². The smallest absolute Gasteiger partial charge is 0.292 e. The number of rotatable bonds is 11. The number of hydrogen-bond donors (Lipinski definition) is 0. The normalized spacial score (nSPS) is 10.6. The average Bonchev–Trinajstić information content (AvgIpc) is 2.47. The van der Waals surface area contributed by atoms with Crippen molar-refractivity contribution in [2.75, 3.05) is 0 Å². The molecular formula is C19H29NO. The van der Waals surface area contributed by atoms with Gasteiger partial charge in [0.05, 0.1) is 0 Å². The van der Waals surface area contributed by atoms with Crippen LogP contribution in [0.3, 0.4) is 0 Å². The Morgan fingerprint density at radius 3 is 2.24 bits per heavy atom. The molecule has 0 saturated carbocycles. The van der Waals surface area contributed by atoms with E-state index in [1.54, 1.807) is 6.26 Å². The highest BCUT2D eigenvalue weighted by Crippen LogP contribution is 2.20. The molecule has 0 amide bonds. The molecule has 0 bridgehead atoms. The summed E-state index contributed by atoms with van der Waals surface area (Å²) in [4.78, 5) is 0. The largest absolute Gasteiger partial charge is 0.388 e. The summed E-state index contributed by atoms with van der Waals surface area (Å²) in [7, 11) is 0. The number of para-hydroxylation sites is 1. The molecule has 0 radical (unpaired) electrons. The number of nitriles is 1. The third-order valence-corrected chi connectivity index (χ3v) is 3.86. The maximum Gasteiger partial charge on any atom is 0.292 e. The zero-order valence-corrected chi connectivity index (χ0v) is 13.6. The number of hydrogen-bond acceptors (Lipinski definition) is 2. The van der Waals surface area contributed by atoms with Crippen LogP contribution in [0.25, 0.3) is 0 Å². The van der Waals surface area contributed by atoms with Crippen LogP contribution in [0.1, 0.15) is 70.8 Å². The standard InChI is InChI=1S/C19H29NO/c1-17(2)12-8-6-4-3-5-7-9-13-18-14-10-11-15-19(18)21-16-20/h10-11,14-15,17H,3-9,12-13H2,1-2H3. The van der Waals surface area contributed by atoms with Crippen LogP contribution < -0.4 is 4.74 Å². The van der Waals surface area contributed by atoms with Gasteiger partial charge < -0.3 is 4.74 Å². The molecule has 0 fully saturated rings. The Balaban J connectivity index is 2.06. The highest BCUT2D eigenvalue weighted by molar-refractivity contribution is 5.34. The summed E-state index contributed by atoms with van der Waals surface area (Å²) < 4.78 is 4.98. The molecule has 0 N–H and O–H groups in total. The summed E-state index contributed by atoms with van der Waals surface area (Å²) in [5.74, 6) is 1.56. The Kier molecular flexibility index (Phi) is 9.37. The summed E-state index contributed by atoms with van der Waals surface area (Å²) in [6.07, 6.45) is 13.4. The quantitative estimate of drug-likeness (QED) is 0.377. The lowest BCUT2D eigenvalue weighted by atomic mass is 10.0. The lowest BCUT2D eigenvalue weighted by Crippen LogP contribution is -1.92. The molecule has 0 atom stereocenters. The summed E-state index contributed by atoms with van der Waals surface area (Å²) >= 11 is 0. The van der Waals surface area contributed by atoms with Gasteiger partial charge in [0.25, 0.3) is 6.26 Å². The van der Waals surface area contributed by atoms with Gasteiger partial charge in [-0.3, -0.25) is 0 Å². The van der Waals surface area contributed by atoms with E-state index >= 15 is 0 Å². The van der Waals surface area contributed by atoms with Crippen LogP contribution in [0.15, 0.2) is 24.3 Å². The topological polar surface area (TPSA) is 33.0 Å². The Bertz CT molecular complexity index is 420. The van der Waals surface area contributed by atoms with Gasteiger partial charge in [0.2, 0.25) is 0 Å². The lowest BCUT2D eigenvalue weighted by Gasteiger charge is -2.06. The molecule has 0 aromatic heterocycles. The third kappa shape index (κ3) is 8.40. The minimum absolute atomic E-state index is 0.716. The highest BCUT2D eigenvalue weighted by atomic mass is 16.5. The van der Waals surface area contributed by atoms with Crippen LogP contribution in [-0.2, 0) is 6.42 Å². The van der Waals surface area contributed by atoms with Crippen LogP contribution in [0.5, 0.6) is 5.75 Å². The van der Waals surface area contributed by atoms with Gasteiger partial charge >= 0.3 is 0 Å². The number of benzene rings is 1. The van der Waals surface area contributed by atoms with Crippen molar-refractivity contribution < 1.29 is 4.74 Å². The first-order valence-electron chi connectivity index (χ1n) is 8.38. The van der Waals surface area contributed by atoms with E-state index in [0.717, 1.165) is 17.9 Å². The van der Waals surface area contributed by atoms with Crippen molar-refractivity contribution in [1.29, 1.82) is 5.26 Å².